The normalized spacial score (nSPS) is 12.3. The zero-order chi connectivity index (χ0) is 18.6. The van der Waals surface area contributed by atoms with Crippen LogP contribution in [0.2, 0.25) is 0 Å². The topological polar surface area (TPSA) is 74.6 Å². The van der Waals surface area contributed by atoms with Crippen molar-refractivity contribution in [3.63, 3.8) is 0 Å². The van der Waals surface area contributed by atoms with E-state index >= 15 is 0 Å². The molecule has 0 spiro atoms. The summed E-state index contributed by atoms with van der Waals surface area (Å²) in [6.07, 6.45) is 10.7. The Morgan fingerprint density at radius 3 is 1.46 bits per heavy atom. The molecule has 0 bridgehead atoms. The van der Waals surface area contributed by atoms with E-state index in [1.807, 2.05) is 0 Å². The molecule has 0 aliphatic rings. The fraction of sp³-hybridized carbons (Fsp3) is 0.895. The third-order valence-electron chi connectivity index (χ3n) is 5.43. The van der Waals surface area contributed by atoms with E-state index in [0.29, 0.717) is 12.8 Å². The lowest BCUT2D eigenvalue weighted by Crippen LogP contribution is -2.56. The number of alkyl halides is 1. The van der Waals surface area contributed by atoms with Gasteiger partial charge in [0.15, 0.2) is 0 Å². The van der Waals surface area contributed by atoms with E-state index < -0.39 is 23.0 Å². The second-order valence-corrected chi connectivity index (χ2v) is 6.83. The second kappa shape index (κ2) is 11.4. The fourth-order valence-electron chi connectivity index (χ4n) is 3.58. The number of hydrogen-bond donors (Lipinski definition) is 2. The molecule has 142 valence electrons. The van der Waals surface area contributed by atoms with E-state index in [4.69, 9.17) is 0 Å². The zero-order valence-electron chi connectivity index (χ0n) is 15.6. The molecule has 0 heterocycles. The van der Waals surface area contributed by atoms with E-state index in [2.05, 4.69) is 6.92 Å². The molecular formula is C19H35FO4. The highest BCUT2D eigenvalue weighted by atomic mass is 19.1. The smallest absolute Gasteiger partial charge is 0.353 e. The number of unbranched alkanes of at least 4 members (excludes halogenated alkanes) is 8. The van der Waals surface area contributed by atoms with Crippen LogP contribution >= 0.6 is 0 Å². The summed E-state index contributed by atoms with van der Waals surface area (Å²) in [5, 5.41) is 18.4. The van der Waals surface area contributed by atoms with Crippen molar-refractivity contribution in [1.29, 1.82) is 0 Å². The highest BCUT2D eigenvalue weighted by Crippen LogP contribution is 2.46. The van der Waals surface area contributed by atoms with Gasteiger partial charge in [-0.05, 0) is 19.3 Å². The zero-order valence-corrected chi connectivity index (χ0v) is 15.6. The van der Waals surface area contributed by atoms with E-state index in [1.54, 1.807) is 13.8 Å². The quantitative estimate of drug-likeness (QED) is 0.299. The molecule has 0 atom stereocenters. The minimum atomic E-state index is -3.21. The molecule has 24 heavy (non-hydrogen) atoms. The Morgan fingerprint density at radius 1 is 0.750 bits per heavy atom. The predicted molar refractivity (Wildman–Crippen MR) is 94.0 cm³/mol. The van der Waals surface area contributed by atoms with Gasteiger partial charge < -0.3 is 10.2 Å². The lowest BCUT2D eigenvalue weighted by atomic mass is 9.66. The molecule has 0 amide bonds. The van der Waals surface area contributed by atoms with Gasteiger partial charge in [0.25, 0.3) is 0 Å². The summed E-state index contributed by atoms with van der Waals surface area (Å²) < 4.78 is 14.9. The Labute approximate surface area is 145 Å². The summed E-state index contributed by atoms with van der Waals surface area (Å²) in [6, 6.07) is 0. The molecule has 0 saturated carbocycles. The molecule has 0 fully saturated rings. The van der Waals surface area contributed by atoms with Crippen LogP contribution in [0.1, 0.15) is 97.8 Å². The maximum Gasteiger partial charge on any atom is 0.353 e. The average molecular weight is 346 g/mol. The summed E-state index contributed by atoms with van der Waals surface area (Å²) in [7, 11) is 0. The Kier molecular flexibility index (Phi) is 10.9. The van der Waals surface area contributed by atoms with Gasteiger partial charge in [0.1, 0.15) is 0 Å². The summed E-state index contributed by atoms with van der Waals surface area (Å²) in [5.41, 5.74) is -4.55. The van der Waals surface area contributed by atoms with Gasteiger partial charge in [0.2, 0.25) is 0 Å². The molecule has 4 nitrogen and oxygen atoms in total. The lowest BCUT2D eigenvalue weighted by Gasteiger charge is -2.39. The molecule has 0 aromatic carbocycles. The maximum atomic E-state index is 14.9. The molecule has 0 unspecified atom stereocenters. The molecule has 2 N–H and O–H groups in total. The largest absolute Gasteiger partial charge is 0.478 e. The molecular weight excluding hydrogens is 311 g/mol. The summed E-state index contributed by atoms with van der Waals surface area (Å²) >= 11 is 0. The van der Waals surface area contributed by atoms with Crippen LogP contribution in [0.3, 0.4) is 0 Å². The van der Waals surface area contributed by atoms with Crippen molar-refractivity contribution in [3.8, 4) is 0 Å². The van der Waals surface area contributed by atoms with Crippen molar-refractivity contribution in [3.05, 3.63) is 0 Å². The van der Waals surface area contributed by atoms with Crippen molar-refractivity contribution in [2.24, 2.45) is 5.41 Å². The van der Waals surface area contributed by atoms with Gasteiger partial charge in [-0.25, -0.2) is 14.0 Å². The summed E-state index contributed by atoms with van der Waals surface area (Å²) in [5.74, 6) is -3.76. The first kappa shape index (κ1) is 22.9. The predicted octanol–water partition coefficient (Wildman–Crippen LogP) is 5.59. The van der Waals surface area contributed by atoms with Crippen LogP contribution in [0.25, 0.3) is 0 Å². The number of carbonyl (C=O) groups is 2. The van der Waals surface area contributed by atoms with Crippen LogP contribution < -0.4 is 0 Å². The average Bonchev–Trinajstić information content (AvgIpc) is 2.56. The standard InChI is InChI=1S/C19H35FO4/c1-4-7-8-9-10-11-12-13-14-15-18(5-2,6-3)19(20,16(21)22)17(23)24/h4-15H2,1-3H3,(H,21,22)(H,23,24). The van der Waals surface area contributed by atoms with Gasteiger partial charge >= 0.3 is 17.6 Å². The van der Waals surface area contributed by atoms with Gasteiger partial charge in [-0.1, -0.05) is 78.6 Å². The molecule has 0 aromatic rings. The third kappa shape index (κ3) is 5.75. The van der Waals surface area contributed by atoms with Crippen LogP contribution in [0, 0.1) is 5.41 Å². The molecule has 0 aliphatic carbocycles. The van der Waals surface area contributed by atoms with Crippen molar-refractivity contribution in [1.82, 2.24) is 0 Å². The van der Waals surface area contributed by atoms with E-state index in [1.165, 1.54) is 32.1 Å². The molecule has 0 radical (unpaired) electrons. The number of hydrogen-bond acceptors (Lipinski definition) is 2. The first-order valence-electron chi connectivity index (χ1n) is 9.48. The highest BCUT2D eigenvalue weighted by molar-refractivity contribution is 6.02. The van der Waals surface area contributed by atoms with Crippen molar-refractivity contribution in [2.45, 2.75) is 103 Å². The monoisotopic (exact) mass is 346 g/mol. The van der Waals surface area contributed by atoms with Gasteiger partial charge in [0, 0.05) is 5.41 Å². The third-order valence-corrected chi connectivity index (χ3v) is 5.43. The highest BCUT2D eigenvalue weighted by Gasteiger charge is 2.61. The Morgan fingerprint density at radius 2 is 1.12 bits per heavy atom. The van der Waals surface area contributed by atoms with Gasteiger partial charge in [-0.15, -0.1) is 0 Å². The summed E-state index contributed by atoms with van der Waals surface area (Å²) in [6.45, 7) is 5.54. The minimum Gasteiger partial charge on any atom is -0.478 e. The van der Waals surface area contributed by atoms with Crippen LogP contribution in [-0.4, -0.2) is 27.8 Å². The number of carboxylic acid groups (broad SMARTS) is 2. The maximum absolute atomic E-state index is 14.9. The van der Waals surface area contributed by atoms with Gasteiger partial charge in [-0.3, -0.25) is 0 Å². The first-order valence-corrected chi connectivity index (χ1v) is 9.48. The number of carboxylic acids is 2. The molecule has 5 heteroatoms. The van der Waals surface area contributed by atoms with Crippen molar-refractivity contribution < 1.29 is 24.2 Å². The van der Waals surface area contributed by atoms with Crippen LogP contribution in [0.15, 0.2) is 0 Å². The van der Waals surface area contributed by atoms with Crippen LogP contribution in [0.4, 0.5) is 4.39 Å². The second-order valence-electron chi connectivity index (χ2n) is 6.83. The Hall–Kier alpha value is -1.13. The SMILES string of the molecule is CCCCCCCCCCCC(CC)(CC)C(F)(C(=O)O)C(=O)O. The fourth-order valence-corrected chi connectivity index (χ4v) is 3.58. The number of rotatable bonds is 15. The lowest BCUT2D eigenvalue weighted by molar-refractivity contribution is -0.181. The van der Waals surface area contributed by atoms with Crippen molar-refractivity contribution >= 4 is 11.9 Å². The Balaban J connectivity index is 4.49. The van der Waals surface area contributed by atoms with Crippen molar-refractivity contribution in [2.75, 3.05) is 0 Å². The molecule has 0 aromatic heterocycles. The number of aliphatic carboxylic acids is 2. The minimum absolute atomic E-state index is 0.204. The molecule has 0 saturated heterocycles. The van der Waals surface area contributed by atoms with E-state index in [9.17, 15) is 24.2 Å². The van der Waals surface area contributed by atoms with Gasteiger partial charge in [-0.2, -0.15) is 0 Å². The van der Waals surface area contributed by atoms with Crippen LogP contribution in [-0.2, 0) is 9.59 Å². The summed E-state index contributed by atoms with van der Waals surface area (Å²) in [4.78, 5) is 22.7. The molecule has 0 rings (SSSR count). The van der Waals surface area contributed by atoms with Crippen LogP contribution in [0.5, 0.6) is 0 Å². The molecule has 0 aliphatic heterocycles. The first-order chi connectivity index (χ1) is 11.3. The van der Waals surface area contributed by atoms with Gasteiger partial charge in [0.05, 0.1) is 0 Å². The van der Waals surface area contributed by atoms with E-state index in [-0.39, 0.29) is 12.8 Å². The Bertz CT molecular complexity index is 364. The van der Waals surface area contributed by atoms with E-state index in [0.717, 1.165) is 19.3 Å². The number of halogens is 1.